The predicted octanol–water partition coefficient (Wildman–Crippen LogP) is -0.206. The van der Waals surface area contributed by atoms with E-state index in [1.807, 2.05) is 6.07 Å². The van der Waals surface area contributed by atoms with Crippen LogP contribution < -0.4 is 15.0 Å². The minimum atomic E-state index is -0.549. The van der Waals surface area contributed by atoms with Gasteiger partial charge in [0.25, 0.3) is 5.91 Å². The highest BCUT2D eigenvalue weighted by molar-refractivity contribution is 5.99. The molecule has 2 aliphatic heterocycles. The van der Waals surface area contributed by atoms with Crippen LogP contribution in [0.2, 0.25) is 0 Å². The lowest BCUT2D eigenvalue weighted by atomic mass is 10.1. The molecule has 6 heteroatoms. The molecule has 0 aliphatic carbocycles. The van der Waals surface area contributed by atoms with Gasteiger partial charge in [-0.25, -0.2) is 4.98 Å². The molecule has 1 aromatic rings. The van der Waals surface area contributed by atoms with Crippen molar-refractivity contribution in [2.45, 2.75) is 12.1 Å². The second-order valence-electron chi connectivity index (χ2n) is 4.40. The predicted molar refractivity (Wildman–Crippen MR) is 64.7 cm³/mol. The van der Waals surface area contributed by atoms with E-state index < -0.39 is 6.10 Å². The number of amides is 1. The Hall–Kier alpha value is -1.66. The monoisotopic (exact) mass is 249 g/mol. The zero-order valence-electron chi connectivity index (χ0n) is 10.1. The molecule has 1 aromatic heterocycles. The summed E-state index contributed by atoms with van der Waals surface area (Å²) in [5.41, 5.74) is 0. The average Bonchev–Trinajstić information content (AvgIpc) is 2.44. The Labute approximate surface area is 105 Å². The van der Waals surface area contributed by atoms with Gasteiger partial charge >= 0.3 is 0 Å². The van der Waals surface area contributed by atoms with Gasteiger partial charge < -0.3 is 14.8 Å². The fourth-order valence-electron chi connectivity index (χ4n) is 2.24. The molecular formula is C12H15N3O3. The number of hydrogen-bond donors (Lipinski definition) is 1. The lowest BCUT2D eigenvalue weighted by Crippen LogP contribution is -2.58. The van der Waals surface area contributed by atoms with Gasteiger partial charge in [0.05, 0.1) is 19.3 Å². The van der Waals surface area contributed by atoms with Crippen LogP contribution in [0.25, 0.3) is 0 Å². The van der Waals surface area contributed by atoms with Crippen molar-refractivity contribution < 1.29 is 14.3 Å². The second-order valence-corrected chi connectivity index (χ2v) is 4.40. The number of nitrogens with one attached hydrogen (secondary N) is 1. The van der Waals surface area contributed by atoms with Gasteiger partial charge in [-0.15, -0.1) is 0 Å². The van der Waals surface area contributed by atoms with Gasteiger partial charge in [-0.1, -0.05) is 0 Å². The van der Waals surface area contributed by atoms with E-state index in [1.54, 1.807) is 24.2 Å². The van der Waals surface area contributed by atoms with Crippen LogP contribution in [0.15, 0.2) is 18.3 Å². The van der Waals surface area contributed by atoms with Crippen molar-refractivity contribution in [3.8, 4) is 5.75 Å². The fourth-order valence-corrected chi connectivity index (χ4v) is 2.24. The van der Waals surface area contributed by atoms with E-state index in [0.29, 0.717) is 24.8 Å². The van der Waals surface area contributed by atoms with Crippen LogP contribution in [0.4, 0.5) is 5.82 Å². The van der Waals surface area contributed by atoms with E-state index in [-0.39, 0.29) is 11.9 Å². The van der Waals surface area contributed by atoms with Crippen molar-refractivity contribution in [3.63, 3.8) is 0 Å². The largest absolute Gasteiger partial charge is 0.475 e. The van der Waals surface area contributed by atoms with E-state index in [9.17, 15) is 4.79 Å². The van der Waals surface area contributed by atoms with Crippen LogP contribution >= 0.6 is 0 Å². The number of fused-ring (bicyclic) bond motifs is 1. The van der Waals surface area contributed by atoms with E-state index >= 15 is 0 Å². The molecule has 1 N–H and O–H groups in total. The van der Waals surface area contributed by atoms with Crippen molar-refractivity contribution in [1.82, 2.24) is 10.3 Å². The van der Waals surface area contributed by atoms with Gasteiger partial charge in [0.1, 0.15) is 0 Å². The van der Waals surface area contributed by atoms with Crippen molar-refractivity contribution in [3.05, 3.63) is 18.3 Å². The third-order valence-electron chi connectivity index (χ3n) is 3.21. The highest BCUT2D eigenvalue weighted by atomic mass is 16.5. The maximum Gasteiger partial charge on any atom is 0.270 e. The molecule has 2 atom stereocenters. The molecule has 1 amide bonds. The van der Waals surface area contributed by atoms with E-state index in [0.717, 1.165) is 6.54 Å². The molecule has 2 unspecified atom stereocenters. The number of morpholine rings is 1. The Bertz CT molecular complexity index is 460. The molecule has 96 valence electrons. The van der Waals surface area contributed by atoms with Crippen LogP contribution in [0.1, 0.15) is 0 Å². The average molecular weight is 249 g/mol. The summed E-state index contributed by atoms with van der Waals surface area (Å²) in [6.45, 7) is 1.90. The van der Waals surface area contributed by atoms with E-state index in [1.165, 1.54) is 0 Å². The van der Waals surface area contributed by atoms with Gasteiger partial charge in [0.15, 0.2) is 17.7 Å². The maximum atomic E-state index is 12.3. The van der Waals surface area contributed by atoms with Gasteiger partial charge in [-0.05, 0) is 12.1 Å². The van der Waals surface area contributed by atoms with Crippen LogP contribution in [0.5, 0.6) is 5.75 Å². The fraction of sp³-hybridized carbons (Fsp3) is 0.500. The molecule has 1 saturated heterocycles. The van der Waals surface area contributed by atoms with E-state index in [4.69, 9.17) is 9.47 Å². The first kappa shape index (κ1) is 11.4. The van der Waals surface area contributed by atoms with Crippen LogP contribution in [0, 0.1) is 0 Å². The molecule has 3 rings (SSSR count). The number of hydrogen-bond acceptors (Lipinski definition) is 5. The standard InChI is InChI=1S/C12H15N3O3/c1-15-11-9(3-2-4-14-11)18-10(12(15)16)8-7-17-6-5-13-8/h2-4,8,10,13H,5-7H2,1H3. The summed E-state index contributed by atoms with van der Waals surface area (Å²) in [6, 6.07) is 3.51. The SMILES string of the molecule is CN1C(=O)C(C2COCCN2)Oc2cccnc21. The van der Waals surface area contributed by atoms with Gasteiger partial charge in [-0.3, -0.25) is 9.69 Å². The molecule has 0 saturated carbocycles. The summed E-state index contributed by atoms with van der Waals surface area (Å²) in [7, 11) is 1.72. The number of likely N-dealkylation sites (N-methyl/N-ethyl adjacent to an activating group) is 1. The number of carbonyl (C=O) groups is 1. The van der Waals surface area contributed by atoms with Crippen molar-refractivity contribution in [1.29, 1.82) is 0 Å². The molecule has 0 bridgehead atoms. The number of pyridine rings is 1. The lowest BCUT2D eigenvalue weighted by Gasteiger charge is -2.36. The molecule has 3 heterocycles. The van der Waals surface area contributed by atoms with E-state index in [2.05, 4.69) is 10.3 Å². The highest BCUT2D eigenvalue weighted by Crippen LogP contribution is 2.31. The number of ether oxygens (including phenoxy) is 2. The van der Waals surface area contributed by atoms with Gasteiger partial charge in [0.2, 0.25) is 0 Å². The quantitative estimate of drug-likeness (QED) is 0.746. The molecule has 0 aromatic carbocycles. The topological polar surface area (TPSA) is 63.7 Å². The first-order chi connectivity index (χ1) is 8.77. The zero-order chi connectivity index (χ0) is 12.5. The normalized spacial score (nSPS) is 27.6. The van der Waals surface area contributed by atoms with Crippen LogP contribution in [0.3, 0.4) is 0 Å². The summed E-state index contributed by atoms with van der Waals surface area (Å²) >= 11 is 0. The Balaban J connectivity index is 1.88. The number of carbonyl (C=O) groups excluding carboxylic acids is 1. The van der Waals surface area contributed by atoms with Gasteiger partial charge in [-0.2, -0.15) is 0 Å². The molecule has 0 spiro atoms. The van der Waals surface area contributed by atoms with Crippen LogP contribution in [-0.2, 0) is 9.53 Å². The Morgan fingerprint density at radius 3 is 3.22 bits per heavy atom. The summed E-state index contributed by atoms with van der Waals surface area (Å²) in [6.07, 6.45) is 1.10. The highest BCUT2D eigenvalue weighted by Gasteiger charge is 2.39. The van der Waals surface area contributed by atoms with Crippen LogP contribution in [-0.4, -0.2) is 49.8 Å². The molecule has 6 nitrogen and oxygen atoms in total. The molecule has 0 radical (unpaired) electrons. The third kappa shape index (κ3) is 1.83. The minimum absolute atomic E-state index is 0.0933. The summed E-state index contributed by atoms with van der Waals surface area (Å²) < 4.78 is 11.1. The number of rotatable bonds is 1. The maximum absolute atomic E-state index is 12.3. The summed E-state index contributed by atoms with van der Waals surface area (Å²) in [5.74, 6) is 1.11. The Morgan fingerprint density at radius 1 is 1.56 bits per heavy atom. The first-order valence-corrected chi connectivity index (χ1v) is 5.98. The number of nitrogens with zero attached hydrogens (tertiary/aromatic N) is 2. The van der Waals surface area contributed by atoms with Crippen molar-refractivity contribution >= 4 is 11.7 Å². The number of anilines is 1. The lowest BCUT2D eigenvalue weighted by molar-refractivity contribution is -0.129. The smallest absolute Gasteiger partial charge is 0.270 e. The van der Waals surface area contributed by atoms with Gasteiger partial charge in [0, 0.05) is 19.8 Å². The Morgan fingerprint density at radius 2 is 2.44 bits per heavy atom. The first-order valence-electron chi connectivity index (χ1n) is 5.98. The van der Waals surface area contributed by atoms with Crippen molar-refractivity contribution in [2.75, 3.05) is 31.7 Å². The third-order valence-corrected chi connectivity index (χ3v) is 3.21. The second kappa shape index (κ2) is 4.55. The molecule has 1 fully saturated rings. The minimum Gasteiger partial charge on any atom is -0.475 e. The molecule has 2 aliphatic rings. The van der Waals surface area contributed by atoms with Crippen molar-refractivity contribution in [2.24, 2.45) is 0 Å². The zero-order valence-corrected chi connectivity index (χ0v) is 10.1. The molecular weight excluding hydrogens is 234 g/mol. The number of aromatic nitrogens is 1. The molecule has 18 heavy (non-hydrogen) atoms. The summed E-state index contributed by atoms with van der Waals surface area (Å²) in [4.78, 5) is 18.0. The summed E-state index contributed by atoms with van der Waals surface area (Å²) in [5, 5.41) is 3.25. The Kier molecular flexibility index (Phi) is 2.89.